The summed E-state index contributed by atoms with van der Waals surface area (Å²) in [7, 11) is 1.71. The first kappa shape index (κ1) is 21.8. The van der Waals surface area contributed by atoms with E-state index in [2.05, 4.69) is 5.32 Å². The molecule has 29 heavy (non-hydrogen) atoms. The molecule has 5 nitrogen and oxygen atoms in total. The van der Waals surface area contributed by atoms with Crippen LogP contribution in [0.4, 0.5) is 0 Å². The van der Waals surface area contributed by atoms with Crippen LogP contribution < -0.4 is 15.8 Å². The molecule has 158 valence electrons. The van der Waals surface area contributed by atoms with Gasteiger partial charge in [0.2, 0.25) is 0 Å². The Balaban J connectivity index is 1.95. The molecule has 0 bridgehead atoms. The zero-order chi connectivity index (χ0) is 20.7. The number of benzene rings is 2. The highest BCUT2D eigenvalue weighted by atomic mass is 16.5. The molecule has 0 radical (unpaired) electrons. The van der Waals surface area contributed by atoms with E-state index < -0.39 is 5.60 Å². The first-order valence-electron chi connectivity index (χ1n) is 10.6. The molecule has 1 aliphatic rings. The number of hydrogen-bond donors (Lipinski definition) is 3. The number of nitrogens with two attached hydrogens (primary N) is 1. The molecule has 3 rings (SSSR count). The predicted octanol–water partition coefficient (Wildman–Crippen LogP) is 3.73. The van der Waals surface area contributed by atoms with Crippen LogP contribution in [0.3, 0.4) is 0 Å². The zero-order valence-electron chi connectivity index (χ0n) is 17.6. The first-order chi connectivity index (χ1) is 14.1. The third-order valence-corrected chi connectivity index (χ3v) is 5.97. The average Bonchev–Trinajstić information content (AvgIpc) is 2.73. The van der Waals surface area contributed by atoms with Gasteiger partial charge in [0, 0.05) is 37.8 Å². The third kappa shape index (κ3) is 5.17. The van der Waals surface area contributed by atoms with Gasteiger partial charge in [-0.2, -0.15) is 0 Å². The Kier molecular flexibility index (Phi) is 7.67. The summed E-state index contributed by atoms with van der Waals surface area (Å²) in [6.07, 6.45) is 3.22. The van der Waals surface area contributed by atoms with Crippen molar-refractivity contribution in [3.8, 4) is 11.5 Å². The molecule has 1 fully saturated rings. The van der Waals surface area contributed by atoms with Crippen LogP contribution in [0.15, 0.2) is 48.5 Å². The van der Waals surface area contributed by atoms with Crippen LogP contribution >= 0.6 is 0 Å². The van der Waals surface area contributed by atoms with Gasteiger partial charge in [-0.05, 0) is 56.8 Å². The molecule has 2 aromatic carbocycles. The lowest BCUT2D eigenvalue weighted by molar-refractivity contribution is -0.0517. The second-order valence-electron chi connectivity index (χ2n) is 8.00. The Morgan fingerprint density at radius 1 is 1.10 bits per heavy atom. The molecule has 3 unspecified atom stereocenters. The van der Waals surface area contributed by atoms with Crippen molar-refractivity contribution in [3.05, 3.63) is 59.7 Å². The fraction of sp³-hybridized carbons (Fsp3) is 0.500. The van der Waals surface area contributed by atoms with E-state index in [1.807, 2.05) is 55.5 Å². The molecule has 1 aliphatic heterocycles. The van der Waals surface area contributed by atoms with E-state index in [0.29, 0.717) is 25.3 Å². The summed E-state index contributed by atoms with van der Waals surface area (Å²) in [6, 6.07) is 15.7. The summed E-state index contributed by atoms with van der Waals surface area (Å²) in [5.74, 6) is 1.40. The number of nitrogens with one attached hydrogen (secondary N) is 1. The quantitative estimate of drug-likeness (QED) is 0.561. The lowest BCUT2D eigenvalue weighted by atomic mass is 9.72. The molecule has 0 aromatic heterocycles. The van der Waals surface area contributed by atoms with Gasteiger partial charge < -0.3 is 25.6 Å². The van der Waals surface area contributed by atoms with E-state index >= 15 is 0 Å². The molecule has 2 aromatic rings. The second-order valence-corrected chi connectivity index (χ2v) is 8.00. The van der Waals surface area contributed by atoms with E-state index in [1.54, 1.807) is 7.11 Å². The second kappa shape index (κ2) is 10.2. The van der Waals surface area contributed by atoms with Gasteiger partial charge in [0.25, 0.3) is 0 Å². The van der Waals surface area contributed by atoms with Gasteiger partial charge in [-0.1, -0.05) is 36.4 Å². The normalized spacial score (nSPS) is 21.5. The monoisotopic (exact) mass is 398 g/mol. The molecule has 1 heterocycles. The Hall–Kier alpha value is -1.92. The van der Waals surface area contributed by atoms with Gasteiger partial charge in [0.15, 0.2) is 0 Å². The Bertz CT molecular complexity index is 782. The Labute approximate surface area is 174 Å². The number of hydrogen-bond acceptors (Lipinski definition) is 5. The van der Waals surface area contributed by atoms with Crippen LogP contribution in [-0.2, 0) is 10.3 Å². The summed E-state index contributed by atoms with van der Waals surface area (Å²) >= 11 is 0. The maximum atomic E-state index is 12.1. The number of unbranched alkanes of at least 4 members (excludes halogenated alkanes) is 1. The molecule has 0 spiro atoms. The molecule has 0 amide bonds. The predicted molar refractivity (Wildman–Crippen MR) is 116 cm³/mol. The summed E-state index contributed by atoms with van der Waals surface area (Å²) in [5, 5.41) is 15.5. The van der Waals surface area contributed by atoms with E-state index in [0.717, 1.165) is 42.7 Å². The Morgan fingerprint density at radius 2 is 1.83 bits per heavy atom. The maximum absolute atomic E-state index is 12.1. The van der Waals surface area contributed by atoms with Gasteiger partial charge in [-0.3, -0.25) is 0 Å². The van der Waals surface area contributed by atoms with Gasteiger partial charge >= 0.3 is 0 Å². The van der Waals surface area contributed by atoms with Gasteiger partial charge in [-0.25, -0.2) is 0 Å². The Morgan fingerprint density at radius 3 is 2.55 bits per heavy atom. The number of aryl methyl sites for hydroxylation is 1. The highest BCUT2D eigenvalue weighted by Gasteiger charge is 2.44. The minimum Gasteiger partial charge on any atom is -0.457 e. The number of piperidine rings is 1. The zero-order valence-corrected chi connectivity index (χ0v) is 17.6. The van der Waals surface area contributed by atoms with Crippen LogP contribution in [0.25, 0.3) is 0 Å². The smallest absolute Gasteiger partial charge is 0.133 e. The maximum Gasteiger partial charge on any atom is 0.133 e. The standard InChI is InChI=1S/C24H34N2O3/c1-18-9-3-5-11-22(18)29-23-12-6-4-10-19(23)24(27,14-7-8-16-28-2)20-17-26-15-13-21(20)25/h3-6,9-12,20-21,26-27H,7-8,13-17,25H2,1-2H3. The van der Waals surface area contributed by atoms with Crippen molar-refractivity contribution in [3.63, 3.8) is 0 Å². The molecule has 0 saturated carbocycles. The van der Waals surface area contributed by atoms with Crippen molar-refractivity contribution < 1.29 is 14.6 Å². The summed E-state index contributed by atoms with van der Waals surface area (Å²) < 4.78 is 11.5. The van der Waals surface area contributed by atoms with Crippen molar-refractivity contribution in [2.24, 2.45) is 11.7 Å². The van der Waals surface area contributed by atoms with Crippen LogP contribution in [0, 0.1) is 12.8 Å². The van der Waals surface area contributed by atoms with Crippen LogP contribution in [0.1, 0.15) is 36.8 Å². The topological polar surface area (TPSA) is 76.7 Å². The van der Waals surface area contributed by atoms with Crippen LogP contribution in [0.5, 0.6) is 11.5 Å². The molecule has 1 saturated heterocycles. The number of rotatable bonds is 9. The molecule has 3 atom stereocenters. The largest absolute Gasteiger partial charge is 0.457 e. The van der Waals surface area contributed by atoms with Gasteiger partial charge in [-0.15, -0.1) is 0 Å². The van der Waals surface area contributed by atoms with E-state index in [1.165, 1.54) is 0 Å². The van der Waals surface area contributed by atoms with Crippen molar-refractivity contribution in [1.29, 1.82) is 0 Å². The molecule has 4 N–H and O–H groups in total. The van der Waals surface area contributed by atoms with Crippen LogP contribution in [0.2, 0.25) is 0 Å². The highest BCUT2D eigenvalue weighted by molar-refractivity contribution is 5.44. The molecule has 0 aliphatic carbocycles. The van der Waals surface area contributed by atoms with E-state index in [4.69, 9.17) is 15.2 Å². The molecular formula is C24H34N2O3. The summed E-state index contributed by atoms with van der Waals surface area (Å²) in [4.78, 5) is 0. The van der Waals surface area contributed by atoms with Crippen molar-refractivity contribution >= 4 is 0 Å². The lowest BCUT2D eigenvalue weighted by Crippen LogP contribution is -2.54. The number of methoxy groups -OCH3 is 1. The fourth-order valence-electron chi connectivity index (χ4n) is 4.27. The van der Waals surface area contributed by atoms with E-state index in [-0.39, 0.29) is 12.0 Å². The summed E-state index contributed by atoms with van der Waals surface area (Å²) in [5.41, 5.74) is 7.29. The highest BCUT2D eigenvalue weighted by Crippen LogP contribution is 2.43. The van der Waals surface area contributed by atoms with Gasteiger partial charge in [0.1, 0.15) is 11.5 Å². The molecule has 5 heteroatoms. The third-order valence-electron chi connectivity index (χ3n) is 5.97. The average molecular weight is 399 g/mol. The SMILES string of the molecule is COCCCCC(O)(c1ccccc1Oc1ccccc1C)C1CNCCC1N. The minimum atomic E-state index is -1.07. The number of ether oxygens (including phenoxy) is 2. The minimum absolute atomic E-state index is 0.0600. The number of para-hydroxylation sites is 2. The summed E-state index contributed by atoms with van der Waals surface area (Å²) in [6.45, 7) is 4.29. The van der Waals surface area contributed by atoms with Gasteiger partial charge in [0.05, 0.1) is 5.60 Å². The van der Waals surface area contributed by atoms with Crippen molar-refractivity contribution in [1.82, 2.24) is 5.32 Å². The first-order valence-corrected chi connectivity index (χ1v) is 10.6. The van der Waals surface area contributed by atoms with E-state index in [9.17, 15) is 5.11 Å². The molecular weight excluding hydrogens is 364 g/mol. The van der Waals surface area contributed by atoms with Crippen LogP contribution in [-0.4, -0.2) is 38.0 Å². The van der Waals surface area contributed by atoms with Crippen molar-refractivity contribution in [2.75, 3.05) is 26.8 Å². The lowest BCUT2D eigenvalue weighted by Gasteiger charge is -2.43. The number of aliphatic hydroxyl groups is 1. The van der Waals surface area contributed by atoms with Crippen molar-refractivity contribution in [2.45, 2.75) is 44.2 Å². The fourth-order valence-corrected chi connectivity index (χ4v) is 4.27.